The van der Waals surface area contributed by atoms with Crippen LogP contribution in [0.1, 0.15) is 29.2 Å². The van der Waals surface area contributed by atoms with Gasteiger partial charge < -0.3 is 16.0 Å². The average molecular weight is 480 g/mol. The van der Waals surface area contributed by atoms with Crippen LogP contribution in [0.3, 0.4) is 0 Å². The van der Waals surface area contributed by atoms with Crippen molar-refractivity contribution >= 4 is 34.4 Å². The molecule has 0 spiro atoms. The highest BCUT2D eigenvalue weighted by Crippen LogP contribution is 2.46. The number of nitrogens with zero attached hydrogens (tertiary/aromatic N) is 5. The first-order valence-corrected chi connectivity index (χ1v) is 11.9. The van der Waals surface area contributed by atoms with E-state index in [1.165, 1.54) is 12.4 Å². The standard InChI is InChI=1S/C27H25N7O2/c1-2-22(35)33-14-18-12-20(33)13-21(18)34-26-23(25(28)29-15-30-26)24(32-34)16-7-6-8-17(11-16)27(36)31-19-9-4-3-5-10-19/h2-11,15,18,20-21H,1,12-14H2,(H,31,36)(H2,28,29,30). The van der Waals surface area contributed by atoms with Crippen molar-refractivity contribution < 1.29 is 9.59 Å². The van der Waals surface area contributed by atoms with Crippen LogP contribution in [0.2, 0.25) is 0 Å². The second-order valence-electron chi connectivity index (χ2n) is 9.30. The van der Waals surface area contributed by atoms with E-state index < -0.39 is 0 Å². The number of aromatic nitrogens is 4. The van der Waals surface area contributed by atoms with Crippen molar-refractivity contribution in [3.8, 4) is 11.3 Å². The van der Waals surface area contributed by atoms with Crippen LogP contribution in [0.5, 0.6) is 0 Å². The number of carbonyl (C=O) groups excluding carboxylic acids is 2. The van der Waals surface area contributed by atoms with Gasteiger partial charge in [-0.05, 0) is 43.2 Å². The summed E-state index contributed by atoms with van der Waals surface area (Å²) in [7, 11) is 0. The minimum Gasteiger partial charge on any atom is -0.383 e. The maximum Gasteiger partial charge on any atom is 0.255 e. The molecule has 1 saturated carbocycles. The minimum atomic E-state index is -0.212. The molecule has 9 nitrogen and oxygen atoms in total. The number of nitrogens with one attached hydrogen (secondary N) is 1. The Morgan fingerprint density at radius 1 is 1.08 bits per heavy atom. The molecule has 2 aromatic carbocycles. The lowest BCUT2D eigenvalue weighted by Gasteiger charge is -2.31. The molecule has 0 radical (unpaired) electrons. The van der Waals surface area contributed by atoms with E-state index in [4.69, 9.17) is 10.8 Å². The molecule has 1 aliphatic carbocycles. The molecule has 3 N–H and O–H groups in total. The molecule has 9 heteroatoms. The lowest BCUT2D eigenvalue weighted by molar-refractivity contribution is -0.127. The number of rotatable bonds is 5. The lowest BCUT2D eigenvalue weighted by Crippen LogP contribution is -2.39. The van der Waals surface area contributed by atoms with Crippen molar-refractivity contribution in [1.82, 2.24) is 24.6 Å². The zero-order valence-corrected chi connectivity index (χ0v) is 19.5. The van der Waals surface area contributed by atoms with Gasteiger partial charge in [0.15, 0.2) is 5.65 Å². The van der Waals surface area contributed by atoms with Gasteiger partial charge >= 0.3 is 0 Å². The molecule has 2 amide bonds. The number of anilines is 2. The number of carbonyl (C=O) groups is 2. The summed E-state index contributed by atoms with van der Waals surface area (Å²) in [6.45, 7) is 4.30. The first-order chi connectivity index (χ1) is 17.5. The SMILES string of the molecule is C=CC(=O)N1CC2CC1CC2n1nc(-c2cccc(C(=O)Nc3ccccc3)c2)c2c(N)ncnc21. The largest absolute Gasteiger partial charge is 0.383 e. The molecule has 2 fully saturated rings. The van der Waals surface area contributed by atoms with Crippen LogP contribution in [-0.4, -0.2) is 49.0 Å². The Hall–Kier alpha value is -4.53. The predicted molar refractivity (Wildman–Crippen MR) is 137 cm³/mol. The van der Waals surface area contributed by atoms with E-state index in [2.05, 4.69) is 21.9 Å². The van der Waals surface area contributed by atoms with Crippen LogP contribution in [0.25, 0.3) is 22.3 Å². The quantitative estimate of drug-likeness (QED) is 0.422. The number of nitrogens with two attached hydrogens (primary N) is 1. The molecule has 36 heavy (non-hydrogen) atoms. The number of amides is 2. The van der Waals surface area contributed by atoms with E-state index >= 15 is 0 Å². The van der Waals surface area contributed by atoms with Crippen molar-refractivity contribution in [3.05, 3.63) is 79.1 Å². The van der Waals surface area contributed by atoms with Crippen LogP contribution < -0.4 is 11.1 Å². The van der Waals surface area contributed by atoms with Crippen molar-refractivity contribution in [2.45, 2.75) is 24.9 Å². The zero-order valence-electron chi connectivity index (χ0n) is 19.5. The molecule has 2 aliphatic rings. The third-order valence-electron chi connectivity index (χ3n) is 7.22. The first kappa shape index (κ1) is 22.0. The van der Waals surface area contributed by atoms with Crippen molar-refractivity contribution in [2.75, 3.05) is 17.6 Å². The maximum absolute atomic E-state index is 12.9. The molecule has 1 saturated heterocycles. The fourth-order valence-corrected chi connectivity index (χ4v) is 5.57. The molecule has 1 aliphatic heterocycles. The Morgan fingerprint density at radius 2 is 1.92 bits per heavy atom. The van der Waals surface area contributed by atoms with Gasteiger partial charge in [-0.1, -0.05) is 36.9 Å². The van der Waals surface area contributed by atoms with Gasteiger partial charge in [-0.2, -0.15) is 5.10 Å². The lowest BCUT2D eigenvalue weighted by atomic mass is 10.0. The highest BCUT2D eigenvalue weighted by atomic mass is 16.2. The normalized spacial score (nSPS) is 20.6. The van der Waals surface area contributed by atoms with Gasteiger partial charge in [0.2, 0.25) is 5.91 Å². The van der Waals surface area contributed by atoms with Crippen LogP contribution in [0.15, 0.2) is 73.6 Å². The van der Waals surface area contributed by atoms with E-state index in [9.17, 15) is 9.59 Å². The van der Waals surface area contributed by atoms with Crippen molar-refractivity contribution in [3.63, 3.8) is 0 Å². The number of hydrogen-bond donors (Lipinski definition) is 2. The maximum atomic E-state index is 12.9. The van der Waals surface area contributed by atoms with Gasteiger partial charge in [0.25, 0.3) is 5.91 Å². The number of nitrogen functional groups attached to an aromatic ring is 1. The van der Waals surface area contributed by atoms with E-state index in [-0.39, 0.29) is 29.8 Å². The number of hydrogen-bond acceptors (Lipinski definition) is 6. The summed E-state index contributed by atoms with van der Waals surface area (Å²) in [6, 6.07) is 16.9. The Morgan fingerprint density at radius 3 is 2.67 bits per heavy atom. The Labute approximate surface area is 207 Å². The fraction of sp³-hybridized carbons (Fsp3) is 0.222. The number of likely N-dealkylation sites (tertiary alicyclic amines) is 1. The Bertz CT molecular complexity index is 1500. The number of piperidine rings is 1. The molecule has 2 bridgehead atoms. The second kappa shape index (κ2) is 8.60. The van der Waals surface area contributed by atoms with Crippen LogP contribution >= 0.6 is 0 Å². The predicted octanol–water partition coefficient (Wildman–Crippen LogP) is 3.68. The van der Waals surface area contributed by atoms with Gasteiger partial charge in [-0.3, -0.25) is 9.59 Å². The highest BCUT2D eigenvalue weighted by Gasteiger charge is 2.47. The topological polar surface area (TPSA) is 119 Å². The van der Waals surface area contributed by atoms with Gasteiger partial charge in [-0.25, -0.2) is 14.6 Å². The molecular weight excluding hydrogens is 454 g/mol. The van der Waals surface area contributed by atoms with Gasteiger partial charge in [0.05, 0.1) is 11.4 Å². The van der Waals surface area contributed by atoms with E-state index in [0.29, 0.717) is 34.7 Å². The van der Waals surface area contributed by atoms with E-state index in [0.717, 1.165) is 24.1 Å². The van der Waals surface area contributed by atoms with Gasteiger partial charge in [0, 0.05) is 35.3 Å². The summed E-state index contributed by atoms with van der Waals surface area (Å²) in [5.74, 6) is 0.376. The fourth-order valence-electron chi connectivity index (χ4n) is 5.57. The molecule has 3 heterocycles. The molecular formula is C27H25N7O2. The van der Waals surface area contributed by atoms with Crippen molar-refractivity contribution in [2.24, 2.45) is 5.92 Å². The molecule has 4 aromatic rings. The van der Waals surface area contributed by atoms with Gasteiger partial charge in [-0.15, -0.1) is 0 Å². The highest BCUT2D eigenvalue weighted by molar-refractivity contribution is 6.06. The molecule has 2 aromatic heterocycles. The molecule has 180 valence electrons. The average Bonchev–Trinajstić information content (AvgIpc) is 3.62. The van der Waals surface area contributed by atoms with Crippen LogP contribution in [0.4, 0.5) is 11.5 Å². The van der Waals surface area contributed by atoms with E-state index in [1.807, 2.05) is 58.1 Å². The Balaban J connectivity index is 1.36. The minimum absolute atomic E-state index is 0.0240. The summed E-state index contributed by atoms with van der Waals surface area (Å²) in [5, 5.41) is 8.56. The van der Waals surface area contributed by atoms with Crippen LogP contribution in [-0.2, 0) is 4.79 Å². The van der Waals surface area contributed by atoms with Crippen molar-refractivity contribution in [1.29, 1.82) is 0 Å². The Kier molecular flexibility index (Phi) is 5.25. The third kappa shape index (κ3) is 3.60. The number of para-hydroxylation sites is 1. The van der Waals surface area contributed by atoms with E-state index in [1.54, 1.807) is 6.07 Å². The summed E-state index contributed by atoms with van der Waals surface area (Å²) in [4.78, 5) is 35.8. The number of fused-ring (bicyclic) bond motifs is 3. The monoisotopic (exact) mass is 479 g/mol. The zero-order chi connectivity index (χ0) is 24.8. The molecule has 3 atom stereocenters. The second-order valence-corrected chi connectivity index (χ2v) is 9.30. The first-order valence-electron chi connectivity index (χ1n) is 11.9. The number of benzene rings is 2. The van der Waals surface area contributed by atoms with Crippen LogP contribution in [0, 0.1) is 5.92 Å². The molecule has 6 rings (SSSR count). The summed E-state index contributed by atoms with van der Waals surface area (Å²) < 4.78 is 1.94. The summed E-state index contributed by atoms with van der Waals surface area (Å²) >= 11 is 0. The summed E-state index contributed by atoms with van der Waals surface area (Å²) in [6.07, 6.45) is 4.55. The third-order valence-corrected chi connectivity index (χ3v) is 7.22. The summed E-state index contributed by atoms with van der Waals surface area (Å²) in [5.41, 5.74) is 9.60. The molecule has 3 unspecified atom stereocenters. The van der Waals surface area contributed by atoms with Gasteiger partial charge in [0.1, 0.15) is 17.8 Å². The smallest absolute Gasteiger partial charge is 0.255 e.